The number of hydrogen-bond donors (Lipinski definition) is 1. The molecule has 1 N–H and O–H groups in total. The fraction of sp³-hybridized carbons (Fsp3) is 0.233. The van der Waals surface area contributed by atoms with Crippen LogP contribution in [0.4, 0.5) is 5.82 Å². The van der Waals surface area contributed by atoms with Crippen molar-refractivity contribution in [2.24, 2.45) is 0 Å². The fourth-order valence-electron chi connectivity index (χ4n) is 4.22. The molecule has 0 fully saturated rings. The lowest BCUT2D eigenvalue weighted by molar-refractivity contribution is -0.116. The van der Waals surface area contributed by atoms with Crippen LogP contribution in [0, 0.1) is 13.8 Å². The van der Waals surface area contributed by atoms with Crippen molar-refractivity contribution in [1.29, 1.82) is 0 Å². The second-order valence-electron chi connectivity index (χ2n) is 9.03. The van der Waals surface area contributed by atoms with E-state index in [1.807, 2.05) is 75.4 Å². The highest BCUT2D eigenvalue weighted by Crippen LogP contribution is 2.33. The number of anilines is 1. The van der Waals surface area contributed by atoms with Crippen molar-refractivity contribution in [3.05, 3.63) is 101 Å². The molecule has 0 aliphatic heterocycles. The van der Waals surface area contributed by atoms with Crippen LogP contribution in [0.1, 0.15) is 41.4 Å². The van der Waals surface area contributed by atoms with Crippen molar-refractivity contribution >= 4 is 29.2 Å². The van der Waals surface area contributed by atoms with E-state index < -0.39 is 0 Å². The van der Waals surface area contributed by atoms with Crippen LogP contribution < -0.4 is 5.32 Å². The molecular weight excluding hydrogens is 484 g/mol. The van der Waals surface area contributed by atoms with Crippen molar-refractivity contribution in [3.63, 3.8) is 0 Å². The summed E-state index contributed by atoms with van der Waals surface area (Å²) in [6, 6.07) is 24.7. The molecule has 0 atom stereocenters. The first-order valence-corrected chi connectivity index (χ1v) is 12.8. The summed E-state index contributed by atoms with van der Waals surface area (Å²) in [5, 5.41) is 8.21. The molecule has 0 aliphatic rings. The number of unbranched alkanes of at least 4 members (excludes halogenated alkanes) is 1. The summed E-state index contributed by atoms with van der Waals surface area (Å²) in [4.78, 5) is 28.3. The smallest absolute Gasteiger partial charge is 0.255 e. The van der Waals surface area contributed by atoms with Crippen molar-refractivity contribution in [1.82, 2.24) is 14.7 Å². The van der Waals surface area contributed by atoms with Gasteiger partial charge in [-0.05, 0) is 50.1 Å². The summed E-state index contributed by atoms with van der Waals surface area (Å²) in [5.74, 6) is 0.000780. The fourth-order valence-corrected chi connectivity index (χ4v) is 4.43. The van der Waals surface area contributed by atoms with E-state index in [-0.39, 0.29) is 18.4 Å². The maximum absolute atomic E-state index is 13.5. The molecule has 4 aromatic rings. The van der Waals surface area contributed by atoms with Crippen LogP contribution in [0.15, 0.2) is 78.9 Å². The summed E-state index contributed by atoms with van der Waals surface area (Å²) >= 11 is 6.29. The van der Waals surface area contributed by atoms with Gasteiger partial charge in [0.2, 0.25) is 5.91 Å². The standard InChI is InChI=1S/C30H31ClN4O2/c1-4-5-19-34(30(37)25-13-9-10-14-26(25)31)20-27(36)32-29-28(23-11-7-6-8-12-23)22(3)33-35(29)24-17-15-21(2)16-18-24/h6-18H,4-5,19-20H2,1-3H3,(H,32,36). The molecule has 0 unspecified atom stereocenters. The molecule has 2 amide bonds. The van der Waals surface area contributed by atoms with E-state index in [1.165, 1.54) is 0 Å². The molecule has 7 heteroatoms. The average Bonchev–Trinajstić information content (AvgIpc) is 3.22. The summed E-state index contributed by atoms with van der Waals surface area (Å²) < 4.78 is 1.75. The molecule has 0 radical (unpaired) electrons. The minimum atomic E-state index is -0.304. The quantitative estimate of drug-likeness (QED) is 0.270. The predicted molar refractivity (Wildman–Crippen MR) is 149 cm³/mol. The molecule has 37 heavy (non-hydrogen) atoms. The molecule has 6 nitrogen and oxygen atoms in total. The van der Waals surface area contributed by atoms with Gasteiger partial charge in [-0.25, -0.2) is 4.68 Å². The van der Waals surface area contributed by atoms with Crippen LogP contribution in [0.2, 0.25) is 5.02 Å². The molecular formula is C30H31ClN4O2. The molecule has 4 rings (SSSR count). The Labute approximate surface area is 222 Å². The highest BCUT2D eigenvalue weighted by molar-refractivity contribution is 6.33. The van der Waals surface area contributed by atoms with Crippen molar-refractivity contribution < 1.29 is 9.59 Å². The Morgan fingerprint density at radius 1 is 0.946 bits per heavy atom. The van der Waals surface area contributed by atoms with E-state index in [2.05, 4.69) is 5.32 Å². The van der Waals surface area contributed by atoms with Gasteiger partial charge in [-0.3, -0.25) is 9.59 Å². The molecule has 1 heterocycles. The number of aromatic nitrogens is 2. The minimum Gasteiger partial charge on any atom is -0.329 e. The molecule has 0 aliphatic carbocycles. The molecule has 0 saturated carbocycles. The summed E-state index contributed by atoms with van der Waals surface area (Å²) in [6.07, 6.45) is 1.67. The molecule has 0 saturated heterocycles. The first-order valence-electron chi connectivity index (χ1n) is 12.4. The number of carbonyl (C=O) groups excluding carboxylic acids is 2. The van der Waals surface area contributed by atoms with Gasteiger partial charge < -0.3 is 10.2 Å². The molecule has 190 valence electrons. The summed E-state index contributed by atoms with van der Waals surface area (Å²) in [7, 11) is 0. The second kappa shape index (κ2) is 11.9. The lowest BCUT2D eigenvalue weighted by Crippen LogP contribution is -2.39. The van der Waals surface area contributed by atoms with Crippen LogP contribution in [0.5, 0.6) is 0 Å². The van der Waals surface area contributed by atoms with E-state index in [0.29, 0.717) is 22.9 Å². The largest absolute Gasteiger partial charge is 0.329 e. The molecule has 1 aromatic heterocycles. The Kier molecular flexibility index (Phi) is 8.41. The topological polar surface area (TPSA) is 67.2 Å². The first-order chi connectivity index (χ1) is 17.9. The zero-order chi connectivity index (χ0) is 26.4. The third-order valence-corrected chi connectivity index (χ3v) is 6.50. The minimum absolute atomic E-state index is 0.101. The van der Waals surface area contributed by atoms with Crippen LogP contribution >= 0.6 is 11.6 Å². The second-order valence-corrected chi connectivity index (χ2v) is 9.44. The Morgan fingerprint density at radius 2 is 1.62 bits per heavy atom. The van der Waals surface area contributed by atoms with Gasteiger partial charge in [-0.15, -0.1) is 0 Å². The Hall–Kier alpha value is -3.90. The van der Waals surface area contributed by atoms with Crippen molar-refractivity contribution in [2.45, 2.75) is 33.6 Å². The maximum Gasteiger partial charge on any atom is 0.255 e. The number of carbonyl (C=O) groups is 2. The summed E-state index contributed by atoms with van der Waals surface area (Å²) in [5.41, 5.74) is 4.93. The SMILES string of the molecule is CCCCN(CC(=O)Nc1c(-c2ccccc2)c(C)nn1-c1ccc(C)cc1)C(=O)c1ccccc1Cl. The Morgan fingerprint density at radius 3 is 2.30 bits per heavy atom. The van der Waals surface area contributed by atoms with Gasteiger partial charge in [-0.2, -0.15) is 5.10 Å². The predicted octanol–water partition coefficient (Wildman–Crippen LogP) is 6.69. The van der Waals surface area contributed by atoms with Gasteiger partial charge in [0.05, 0.1) is 22.0 Å². The maximum atomic E-state index is 13.5. The molecule has 0 bridgehead atoms. The van der Waals surface area contributed by atoms with Gasteiger partial charge in [-0.1, -0.05) is 85.1 Å². The zero-order valence-electron chi connectivity index (χ0n) is 21.4. The van der Waals surface area contributed by atoms with Gasteiger partial charge in [0.1, 0.15) is 12.4 Å². The van der Waals surface area contributed by atoms with Gasteiger partial charge in [0.25, 0.3) is 5.91 Å². The van der Waals surface area contributed by atoms with Crippen molar-refractivity contribution in [3.8, 4) is 16.8 Å². The van der Waals surface area contributed by atoms with Gasteiger partial charge in [0, 0.05) is 12.1 Å². The van der Waals surface area contributed by atoms with E-state index >= 15 is 0 Å². The van der Waals surface area contributed by atoms with Crippen LogP contribution in [0.3, 0.4) is 0 Å². The normalized spacial score (nSPS) is 10.8. The summed E-state index contributed by atoms with van der Waals surface area (Å²) in [6.45, 7) is 6.35. The number of aryl methyl sites for hydroxylation is 2. The average molecular weight is 515 g/mol. The molecule has 3 aromatic carbocycles. The van der Waals surface area contributed by atoms with Crippen LogP contribution in [-0.2, 0) is 4.79 Å². The number of amides is 2. The Bertz CT molecular complexity index is 1380. The van der Waals surface area contributed by atoms with E-state index in [0.717, 1.165) is 40.9 Å². The monoisotopic (exact) mass is 514 g/mol. The highest BCUT2D eigenvalue weighted by Gasteiger charge is 2.24. The highest BCUT2D eigenvalue weighted by atomic mass is 35.5. The zero-order valence-corrected chi connectivity index (χ0v) is 22.1. The van der Waals surface area contributed by atoms with Gasteiger partial charge >= 0.3 is 0 Å². The first kappa shape index (κ1) is 26.2. The van der Waals surface area contributed by atoms with E-state index in [9.17, 15) is 9.59 Å². The van der Waals surface area contributed by atoms with Crippen LogP contribution in [0.25, 0.3) is 16.8 Å². The lowest BCUT2D eigenvalue weighted by Gasteiger charge is -2.23. The van der Waals surface area contributed by atoms with E-state index in [4.69, 9.17) is 16.7 Å². The number of benzene rings is 3. The molecule has 0 spiro atoms. The number of nitrogens with zero attached hydrogens (tertiary/aromatic N) is 3. The third kappa shape index (κ3) is 6.09. The van der Waals surface area contributed by atoms with E-state index in [1.54, 1.807) is 33.8 Å². The van der Waals surface area contributed by atoms with Crippen molar-refractivity contribution in [2.75, 3.05) is 18.4 Å². The van der Waals surface area contributed by atoms with Crippen LogP contribution in [-0.4, -0.2) is 39.6 Å². The van der Waals surface area contributed by atoms with Gasteiger partial charge in [0.15, 0.2) is 0 Å². The number of hydrogen-bond acceptors (Lipinski definition) is 3. The third-order valence-electron chi connectivity index (χ3n) is 6.17. The number of halogens is 1. The Balaban J connectivity index is 1.68. The lowest BCUT2D eigenvalue weighted by atomic mass is 10.1. The number of nitrogens with one attached hydrogen (secondary N) is 1. The number of rotatable bonds is 9.